The largest absolute Gasteiger partial charge is 0.352 e. The van der Waals surface area contributed by atoms with Gasteiger partial charge in [-0.25, -0.2) is 14.6 Å². The smallest absolute Gasteiger partial charge is 0.216 e. The standard InChI is InChI=1S/C13H18N8S/c1-3-19-4-6-20(7-5-19)11-10-12(15-8-14-11)22-13-17-16-9(2)21(13)18-10/h8,18H,3-7H2,1-2H3. The van der Waals surface area contributed by atoms with Crippen LogP contribution in [0.4, 0.5) is 11.5 Å². The molecule has 0 aliphatic carbocycles. The second-order valence-corrected chi connectivity index (χ2v) is 6.33. The number of likely N-dealkylation sites (N-methyl/N-ethyl adjacent to an activating group) is 1. The molecule has 1 fully saturated rings. The number of rotatable bonds is 2. The number of aromatic nitrogens is 5. The third-order valence-electron chi connectivity index (χ3n) is 4.12. The SMILES string of the molecule is CCN1CCN(c2ncnc3c2Nn2c(C)nnc2S3)CC1. The molecule has 4 rings (SSSR count). The first-order valence-electron chi connectivity index (χ1n) is 7.45. The molecule has 0 spiro atoms. The predicted molar refractivity (Wildman–Crippen MR) is 84.3 cm³/mol. The van der Waals surface area contributed by atoms with Gasteiger partial charge in [-0.3, -0.25) is 5.43 Å². The molecule has 2 aliphatic rings. The Morgan fingerprint density at radius 3 is 2.77 bits per heavy atom. The summed E-state index contributed by atoms with van der Waals surface area (Å²) in [5.74, 6) is 1.80. The Hall–Kier alpha value is -1.87. The summed E-state index contributed by atoms with van der Waals surface area (Å²) in [5.41, 5.74) is 4.32. The highest BCUT2D eigenvalue weighted by atomic mass is 32.2. The molecule has 2 aromatic rings. The number of piperazine rings is 1. The van der Waals surface area contributed by atoms with Crippen LogP contribution in [0, 0.1) is 6.92 Å². The van der Waals surface area contributed by atoms with Crippen molar-refractivity contribution in [2.24, 2.45) is 0 Å². The lowest BCUT2D eigenvalue weighted by Crippen LogP contribution is -2.46. The molecule has 1 N–H and O–H groups in total. The molecule has 0 unspecified atom stereocenters. The first-order chi connectivity index (χ1) is 10.8. The van der Waals surface area contributed by atoms with Crippen molar-refractivity contribution in [1.29, 1.82) is 0 Å². The molecule has 0 bridgehead atoms. The van der Waals surface area contributed by atoms with Gasteiger partial charge >= 0.3 is 0 Å². The first-order valence-corrected chi connectivity index (χ1v) is 8.27. The number of aryl methyl sites for hydroxylation is 1. The van der Waals surface area contributed by atoms with Gasteiger partial charge in [0, 0.05) is 26.2 Å². The van der Waals surface area contributed by atoms with Gasteiger partial charge in [0.2, 0.25) is 5.16 Å². The van der Waals surface area contributed by atoms with Crippen molar-refractivity contribution in [3.8, 4) is 0 Å². The van der Waals surface area contributed by atoms with Gasteiger partial charge in [0.25, 0.3) is 0 Å². The number of nitrogens with one attached hydrogen (secondary N) is 1. The zero-order valence-corrected chi connectivity index (χ0v) is 13.5. The summed E-state index contributed by atoms with van der Waals surface area (Å²) in [6, 6.07) is 0. The molecule has 0 aromatic carbocycles. The molecular formula is C13H18N8S. The van der Waals surface area contributed by atoms with Gasteiger partial charge in [0.1, 0.15) is 22.9 Å². The van der Waals surface area contributed by atoms with E-state index in [0.29, 0.717) is 0 Å². The van der Waals surface area contributed by atoms with Crippen LogP contribution in [0.25, 0.3) is 0 Å². The van der Waals surface area contributed by atoms with Gasteiger partial charge in [0.15, 0.2) is 5.82 Å². The van der Waals surface area contributed by atoms with E-state index in [0.717, 1.165) is 60.2 Å². The van der Waals surface area contributed by atoms with Crippen LogP contribution in [0.1, 0.15) is 12.7 Å². The first kappa shape index (κ1) is 13.8. The predicted octanol–water partition coefficient (Wildman–Crippen LogP) is 0.858. The van der Waals surface area contributed by atoms with E-state index in [1.54, 1.807) is 6.33 Å². The molecule has 9 heteroatoms. The van der Waals surface area contributed by atoms with Gasteiger partial charge in [-0.05, 0) is 25.2 Å². The van der Waals surface area contributed by atoms with E-state index in [4.69, 9.17) is 0 Å². The zero-order chi connectivity index (χ0) is 15.1. The Bertz CT molecular complexity index is 691. The molecule has 0 amide bonds. The molecule has 2 aromatic heterocycles. The van der Waals surface area contributed by atoms with E-state index in [-0.39, 0.29) is 0 Å². The minimum absolute atomic E-state index is 0.811. The average Bonchev–Trinajstić information content (AvgIpc) is 2.93. The topological polar surface area (TPSA) is 75.0 Å². The summed E-state index contributed by atoms with van der Waals surface area (Å²) in [6.07, 6.45) is 1.63. The molecule has 1 saturated heterocycles. The Morgan fingerprint density at radius 2 is 2.00 bits per heavy atom. The lowest BCUT2D eigenvalue weighted by Gasteiger charge is -2.36. The van der Waals surface area contributed by atoms with Crippen LogP contribution < -0.4 is 10.3 Å². The quantitative estimate of drug-likeness (QED) is 0.697. The molecule has 8 nitrogen and oxygen atoms in total. The molecule has 2 aliphatic heterocycles. The molecule has 0 saturated carbocycles. The van der Waals surface area contributed by atoms with E-state index in [9.17, 15) is 0 Å². The Labute approximate surface area is 132 Å². The maximum atomic E-state index is 4.52. The summed E-state index contributed by atoms with van der Waals surface area (Å²) >= 11 is 1.53. The van der Waals surface area contributed by atoms with Crippen LogP contribution in [-0.2, 0) is 0 Å². The van der Waals surface area contributed by atoms with Gasteiger partial charge in [-0.2, -0.15) is 0 Å². The Morgan fingerprint density at radius 1 is 1.18 bits per heavy atom. The second-order valence-electron chi connectivity index (χ2n) is 5.38. The van der Waals surface area contributed by atoms with Crippen LogP contribution in [0.5, 0.6) is 0 Å². The van der Waals surface area contributed by atoms with Gasteiger partial charge in [-0.1, -0.05) is 6.92 Å². The maximum absolute atomic E-state index is 4.52. The molecule has 116 valence electrons. The summed E-state index contributed by atoms with van der Waals surface area (Å²) in [6.45, 7) is 9.34. The molecule has 4 heterocycles. The van der Waals surface area contributed by atoms with Crippen LogP contribution in [0.15, 0.2) is 16.5 Å². The average molecular weight is 318 g/mol. The number of fused-ring (bicyclic) bond motifs is 2. The summed E-state index contributed by atoms with van der Waals surface area (Å²) < 4.78 is 1.89. The van der Waals surface area contributed by atoms with Crippen molar-refractivity contribution < 1.29 is 0 Å². The molecule has 0 radical (unpaired) electrons. The minimum Gasteiger partial charge on any atom is -0.352 e. The fraction of sp³-hybridized carbons (Fsp3) is 0.538. The fourth-order valence-corrected chi connectivity index (χ4v) is 3.65. The van der Waals surface area contributed by atoms with Gasteiger partial charge < -0.3 is 9.80 Å². The van der Waals surface area contributed by atoms with Gasteiger partial charge in [-0.15, -0.1) is 10.2 Å². The van der Waals surface area contributed by atoms with Crippen LogP contribution >= 0.6 is 11.8 Å². The Kier molecular flexibility index (Phi) is 3.38. The lowest BCUT2D eigenvalue weighted by atomic mass is 10.3. The lowest BCUT2D eigenvalue weighted by molar-refractivity contribution is 0.270. The fourth-order valence-electron chi connectivity index (χ4n) is 2.79. The molecule has 0 atom stereocenters. The second kappa shape index (κ2) is 5.40. The zero-order valence-electron chi connectivity index (χ0n) is 12.7. The van der Waals surface area contributed by atoms with Crippen molar-refractivity contribution in [3.05, 3.63) is 12.2 Å². The van der Waals surface area contributed by atoms with Crippen molar-refractivity contribution in [2.45, 2.75) is 24.0 Å². The van der Waals surface area contributed by atoms with E-state index >= 15 is 0 Å². The maximum Gasteiger partial charge on any atom is 0.216 e. The normalized spacial score (nSPS) is 17.8. The third-order valence-corrected chi connectivity index (χ3v) is 5.07. The van der Waals surface area contributed by atoms with E-state index in [1.165, 1.54) is 11.8 Å². The number of hydrogen-bond acceptors (Lipinski definition) is 8. The number of nitrogens with zero attached hydrogens (tertiary/aromatic N) is 7. The van der Waals surface area contributed by atoms with Crippen molar-refractivity contribution >= 4 is 23.3 Å². The Balaban J connectivity index is 1.65. The van der Waals surface area contributed by atoms with Crippen molar-refractivity contribution in [1.82, 2.24) is 29.7 Å². The third kappa shape index (κ3) is 2.20. The highest BCUT2D eigenvalue weighted by Crippen LogP contribution is 2.39. The molecular weight excluding hydrogens is 300 g/mol. The van der Waals surface area contributed by atoms with Crippen molar-refractivity contribution in [2.75, 3.05) is 43.0 Å². The molecule has 22 heavy (non-hydrogen) atoms. The summed E-state index contributed by atoms with van der Waals surface area (Å²) in [5, 5.41) is 9.97. The van der Waals surface area contributed by atoms with Crippen LogP contribution in [0.3, 0.4) is 0 Å². The van der Waals surface area contributed by atoms with Crippen LogP contribution in [-0.4, -0.2) is 62.5 Å². The summed E-state index contributed by atoms with van der Waals surface area (Å²) in [7, 11) is 0. The van der Waals surface area contributed by atoms with E-state index in [2.05, 4.69) is 42.3 Å². The highest BCUT2D eigenvalue weighted by Gasteiger charge is 2.27. The van der Waals surface area contributed by atoms with Crippen molar-refractivity contribution in [3.63, 3.8) is 0 Å². The number of hydrogen-bond donors (Lipinski definition) is 1. The number of anilines is 2. The van der Waals surface area contributed by atoms with Gasteiger partial charge in [0.05, 0.1) is 0 Å². The van der Waals surface area contributed by atoms with E-state index < -0.39 is 0 Å². The van der Waals surface area contributed by atoms with E-state index in [1.807, 2.05) is 11.6 Å². The monoisotopic (exact) mass is 318 g/mol. The summed E-state index contributed by atoms with van der Waals surface area (Å²) in [4.78, 5) is 13.7. The van der Waals surface area contributed by atoms with Crippen LogP contribution in [0.2, 0.25) is 0 Å². The minimum atomic E-state index is 0.811. The highest BCUT2D eigenvalue weighted by molar-refractivity contribution is 7.99.